The fraction of sp³-hybridized carbons (Fsp3) is 0.500. The molecule has 0 fully saturated rings. The van der Waals surface area contributed by atoms with Gasteiger partial charge in [-0.2, -0.15) is 0 Å². The Kier molecular flexibility index (Phi) is 5.11. The van der Waals surface area contributed by atoms with Crippen LogP contribution in [0.15, 0.2) is 17.0 Å². The SMILES string of the molecule is COC(C)(C)CCS(=O)(=O)c1cc(C)c(F)c(C(=O)O)c1. The molecule has 1 N–H and O–H groups in total. The summed E-state index contributed by atoms with van der Waals surface area (Å²) in [7, 11) is -2.23. The van der Waals surface area contributed by atoms with E-state index >= 15 is 0 Å². The molecule has 0 bridgehead atoms. The molecule has 1 aromatic carbocycles. The van der Waals surface area contributed by atoms with Crippen LogP contribution in [-0.2, 0) is 14.6 Å². The number of aromatic carboxylic acids is 1. The summed E-state index contributed by atoms with van der Waals surface area (Å²) in [6.07, 6.45) is 0.241. The van der Waals surface area contributed by atoms with E-state index in [4.69, 9.17) is 9.84 Å². The second kappa shape index (κ2) is 6.11. The number of aryl methyl sites for hydroxylation is 1. The van der Waals surface area contributed by atoms with Gasteiger partial charge in [-0.3, -0.25) is 0 Å². The van der Waals surface area contributed by atoms with E-state index in [0.717, 1.165) is 12.1 Å². The van der Waals surface area contributed by atoms with Crippen LogP contribution in [0.4, 0.5) is 4.39 Å². The van der Waals surface area contributed by atoms with Crippen molar-refractivity contribution < 1.29 is 27.4 Å². The number of benzene rings is 1. The Morgan fingerprint density at radius 2 is 1.95 bits per heavy atom. The predicted octanol–water partition coefficient (Wildman–Crippen LogP) is 2.42. The molecule has 0 radical (unpaired) electrons. The van der Waals surface area contributed by atoms with Gasteiger partial charge in [-0.1, -0.05) is 0 Å². The standard InChI is InChI=1S/C14H19FO5S/c1-9-7-10(8-11(12(9)15)13(16)17)21(18,19)6-5-14(2,3)20-4/h7-8H,5-6H2,1-4H3,(H,16,17). The van der Waals surface area contributed by atoms with E-state index in [1.165, 1.54) is 14.0 Å². The molecule has 0 heterocycles. The number of rotatable bonds is 6. The maximum Gasteiger partial charge on any atom is 0.338 e. The molecule has 0 aliphatic rings. The number of halogens is 1. The van der Waals surface area contributed by atoms with Crippen LogP contribution in [0.1, 0.15) is 36.2 Å². The Morgan fingerprint density at radius 3 is 2.43 bits per heavy atom. The Morgan fingerprint density at radius 1 is 1.38 bits per heavy atom. The lowest BCUT2D eigenvalue weighted by Crippen LogP contribution is -2.26. The van der Waals surface area contributed by atoms with Gasteiger partial charge in [0.05, 0.1) is 21.8 Å². The minimum Gasteiger partial charge on any atom is -0.478 e. The average molecular weight is 318 g/mol. The van der Waals surface area contributed by atoms with Crippen molar-refractivity contribution in [1.82, 2.24) is 0 Å². The van der Waals surface area contributed by atoms with Crippen LogP contribution in [0.5, 0.6) is 0 Å². The van der Waals surface area contributed by atoms with E-state index in [9.17, 15) is 17.6 Å². The topological polar surface area (TPSA) is 80.7 Å². The largest absolute Gasteiger partial charge is 0.478 e. The smallest absolute Gasteiger partial charge is 0.338 e. The molecule has 0 saturated carbocycles. The van der Waals surface area contributed by atoms with E-state index < -0.39 is 32.8 Å². The van der Waals surface area contributed by atoms with E-state index in [2.05, 4.69) is 0 Å². The molecule has 0 saturated heterocycles. The van der Waals surface area contributed by atoms with Crippen LogP contribution in [0.25, 0.3) is 0 Å². The number of carboxylic acid groups (broad SMARTS) is 1. The summed E-state index contributed by atoms with van der Waals surface area (Å²) >= 11 is 0. The first-order valence-electron chi connectivity index (χ1n) is 6.31. The van der Waals surface area contributed by atoms with Crippen molar-refractivity contribution in [1.29, 1.82) is 0 Å². The Bertz CT molecular complexity index is 650. The summed E-state index contributed by atoms with van der Waals surface area (Å²) in [5, 5.41) is 8.92. The van der Waals surface area contributed by atoms with E-state index in [1.54, 1.807) is 13.8 Å². The van der Waals surface area contributed by atoms with Crippen LogP contribution in [-0.4, -0.2) is 38.0 Å². The summed E-state index contributed by atoms with van der Waals surface area (Å²) in [5.74, 6) is -2.62. The van der Waals surface area contributed by atoms with Gasteiger partial charge in [0.1, 0.15) is 5.82 Å². The molecule has 118 valence electrons. The van der Waals surface area contributed by atoms with Crippen LogP contribution in [0.3, 0.4) is 0 Å². The zero-order chi connectivity index (χ0) is 16.4. The second-order valence-corrected chi connectivity index (χ2v) is 7.55. The van der Waals surface area contributed by atoms with Gasteiger partial charge in [0.25, 0.3) is 0 Å². The molecule has 0 aliphatic carbocycles. The fourth-order valence-electron chi connectivity index (χ4n) is 1.67. The number of ether oxygens (including phenoxy) is 1. The molecule has 0 aromatic heterocycles. The highest BCUT2D eigenvalue weighted by atomic mass is 32.2. The lowest BCUT2D eigenvalue weighted by molar-refractivity contribution is 0.0203. The summed E-state index contributed by atoms with van der Waals surface area (Å²) in [4.78, 5) is 10.8. The van der Waals surface area contributed by atoms with Gasteiger partial charge >= 0.3 is 5.97 Å². The summed E-state index contributed by atoms with van der Waals surface area (Å²) < 4.78 is 43.3. The molecule has 1 aromatic rings. The number of carbonyl (C=O) groups is 1. The zero-order valence-electron chi connectivity index (χ0n) is 12.4. The molecule has 21 heavy (non-hydrogen) atoms. The van der Waals surface area contributed by atoms with Crippen LogP contribution < -0.4 is 0 Å². The minimum absolute atomic E-state index is 0.0144. The van der Waals surface area contributed by atoms with Crippen molar-refractivity contribution in [2.45, 2.75) is 37.7 Å². The monoisotopic (exact) mass is 318 g/mol. The maximum atomic E-state index is 13.7. The van der Waals surface area contributed by atoms with Crippen molar-refractivity contribution in [3.63, 3.8) is 0 Å². The van der Waals surface area contributed by atoms with Gasteiger partial charge in [0.15, 0.2) is 9.84 Å². The highest BCUT2D eigenvalue weighted by Crippen LogP contribution is 2.23. The zero-order valence-corrected chi connectivity index (χ0v) is 13.3. The van der Waals surface area contributed by atoms with Crippen LogP contribution in [0.2, 0.25) is 0 Å². The molecule has 0 amide bonds. The quantitative estimate of drug-likeness (QED) is 0.815. The highest BCUT2D eigenvalue weighted by Gasteiger charge is 2.25. The van der Waals surface area contributed by atoms with Gasteiger partial charge in [-0.05, 0) is 44.9 Å². The van der Waals surface area contributed by atoms with Gasteiger partial charge in [-0.15, -0.1) is 0 Å². The lowest BCUT2D eigenvalue weighted by Gasteiger charge is -2.22. The molecular formula is C14H19FO5S. The molecule has 0 unspecified atom stereocenters. The molecule has 5 nitrogen and oxygen atoms in total. The number of methoxy groups -OCH3 is 1. The van der Waals surface area contributed by atoms with Crippen LogP contribution >= 0.6 is 0 Å². The van der Waals surface area contributed by atoms with Gasteiger partial charge in [0.2, 0.25) is 0 Å². The molecule has 7 heteroatoms. The number of hydrogen-bond acceptors (Lipinski definition) is 4. The third-order valence-electron chi connectivity index (χ3n) is 3.34. The normalized spacial score (nSPS) is 12.4. The van der Waals surface area contributed by atoms with Crippen molar-refractivity contribution in [2.75, 3.05) is 12.9 Å². The van der Waals surface area contributed by atoms with Crippen molar-refractivity contribution in [3.8, 4) is 0 Å². The van der Waals surface area contributed by atoms with Gasteiger partial charge in [0, 0.05) is 7.11 Å². The summed E-state index contributed by atoms with van der Waals surface area (Å²) in [6.45, 7) is 4.84. The number of carboxylic acids is 1. The van der Waals surface area contributed by atoms with E-state index in [-0.39, 0.29) is 22.6 Å². The molecule has 1 rings (SSSR count). The average Bonchev–Trinajstić information content (AvgIpc) is 2.39. The summed E-state index contributed by atoms with van der Waals surface area (Å²) in [6, 6.07) is 2.01. The Labute approximate surface area is 123 Å². The fourth-order valence-corrected chi connectivity index (χ4v) is 3.32. The molecular weight excluding hydrogens is 299 g/mol. The van der Waals surface area contributed by atoms with Crippen molar-refractivity contribution >= 4 is 15.8 Å². The predicted molar refractivity (Wildman–Crippen MR) is 75.9 cm³/mol. The Hall–Kier alpha value is -1.47. The third kappa shape index (κ3) is 4.25. The minimum atomic E-state index is -3.71. The van der Waals surface area contributed by atoms with Crippen molar-refractivity contribution in [2.24, 2.45) is 0 Å². The van der Waals surface area contributed by atoms with E-state index in [0.29, 0.717) is 0 Å². The third-order valence-corrected chi connectivity index (χ3v) is 5.04. The van der Waals surface area contributed by atoms with Crippen LogP contribution in [0, 0.1) is 12.7 Å². The first-order valence-corrected chi connectivity index (χ1v) is 7.97. The second-order valence-electron chi connectivity index (χ2n) is 5.44. The lowest BCUT2D eigenvalue weighted by atomic mass is 10.1. The number of sulfone groups is 1. The molecule has 0 spiro atoms. The molecule has 0 atom stereocenters. The Balaban J connectivity index is 3.18. The summed E-state index contributed by atoms with van der Waals surface area (Å²) in [5.41, 5.74) is -1.27. The maximum absolute atomic E-state index is 13.7. The first kappa shape index (κ1) is 17.6. The highest BCUT2D eigenvalue weighted by molar-refractivity contribution is 7.91. The van der Waals surface area contributed by atoms with Gasteiger partial charge < -0.3 is 9.84 Å². The van der Waals surface area contributed by atoms with Crippen molar-refractivity contribution in [3.05, 3.63) is 29.1 Å². The van der Waals surface area contributed by atoms with Gasteiger partial charge in [-0.25, -0.2) is 17.6 Å². The first-order chi connectivity index (χ1) is 9.50. The molecule has 0 aliphatic heterocycles. The van der Waals surface area contributed by atoms with E-state index in [1.807, 2.05) is 0 Å². The number of hydrogen-bond donors (Lipinski definition) is 1.